The summed E-state index contributed by atoms with van der Waals surface area (Å²) in [5, 5.41) is 21.9. The Bertz CT molecular complexity index is 345. The number of carboxylic acids is 1. The molecular formula is C11H21N3O5. The minimum Gasteiger partial charge on any atom is -0.480 e. The van der Waals surface area contributed by atoms with Gasteiger partial charge < -0.3 is 26.6 Å². The Balaban J connectivity index is 4.42. The van der Waals surface area contributed by atoms with Gasteiger partial charge >= 0.3 is 5.97 Å². The van der Waals surface area contributed by atoms with Crippen molar-refractivity contribution in [2.45, 2.75) is 38.9 Å². The van der Waals surface area contributed by atoms with Crippen LogP contribution >= 0.6 is 0 Å². The van der Waals surface area contributed by atoms with Crippen molar-refractivity contribution in [2.75, 3.05) is 6.61 Å². The normalized spacial score (nSPS) is 15.5. The van der Waals surface area contributed by atoms with Crippen LogP contribution in [0.15, 0.2) is 0 Å². The van der Waals surface area contributed by atoms with Gasteiger partial charge in [0.2, 0.25) is 11.8 Å². The van der Waals surface area contributed by atoms with Gasteiger partial charge in [0.15, 0.2) is 0 Å². The minimum absolute atomic E-state index is 0.0838. The van der Waals surface area contributed by atoms with Gasteiger partial charge in [0.1, 0.15) is 12.1 Å². The first kappa shape index (κ1) is 17.3. The van der Waals surface area contributed by atoms with Crippen LogP contribution in [0.3, 0.4) is 0 Å². The van der Waals surface area contributed by atoms with E-state index in [1.807, 2.05) is 0 Å². The number of carbonyl (C=O) groups excluding carboxylic acids is 2. The average molecular weight is 275 g/mol. The fourth-order valence-electron chi connectivity index (χ4n) is 1.16. The molecule has 0 aliphatic rings. The van der Waals surface area contributed by atoms with E-state index in [1.165, 1.54) is 6.92 Å². The Kier molecular flexibility index (Phi) is 7.02. The predicted octanol–water partition coefficient (Wildman–Crippen LogP) is -1.96. The Hall–Kier alpha value is -1.67. The highest BCUT2D eigenvalue weighted by Crippen LogP contribution is 1.98. The molecule has 0 saturated carbocycles. The Morgan fingerprint density at radius 2 is 1.63 bits per heavy atom. The van der Waals surface area contributed by atoms with Crippen LogP contribution < -0.4 is 16.4 Å². The Morgan fingerprint density at radius 3 is 2.00 bits per heavy atom. The van der Waals surface area contributed by atoms with Crippen molar-refractivity contribution in [3.05, 3.63) is 0 Å². The number of rotatable bonds is 7. The zero-order chi connectivity index (χ0) is 15.2. The van der Waals surface area contributed by atoms with Crippen LogP contribution in [0.5, 0.6) is 0 Å². The van der Waals surface area contributed by atoms with E-state index in [-0.39, 0.29) is 5.92 Å². The van der Waals surface area contributed by atoms with Crippen molar-refractivity contribution < 1.29 is 24.6 Å². The summed E-state index contributed by atoms with van der Waals surface area (Å²) in [5.41, 5.74) is 5.61. The maximum atomic E-state index is 11.6. The van der Waals surface area contributed by atoms with Gasteiger partial charge in [-0.15, -0.1) is 0 Å². The van der Waals surface area contributed by atoms with Crippen LogP contribution in [0.25, 0.3) is 0 Å². The van der Waals surface area contributed by atoms with E-state index < -0.39 is 42.5 Å². The van der Waals surface area contributed by atoms with Gasteiger partial charge in [0, 0.05) is 0 Å². The van der Waals surface area contributed by atoms with Crippen LogP contribution in [-0.4, -0.2) is 52.7 Å². The van der Waals surface area contributed by atoms with Crippen LogP contribution in [-0.2, 0) is 14.4 Å². The molecule has 0 aromatic rings. The van der Waals surface area contributed by atoms with Gasteiger partial charge in [-0.3, -0.25) is 9.59 Å². The standard InChI is InChI=1S/C11H21N3O5/c1-5(2)8(12)10(17)13-6(3)9(16)14-7(4-15)11(18)19/h5-8,15H,4,12H2,1-3H3,(H,13,17)(H,14,16)(H,18,19). The number of aliphatic hydroxyl groups excluding tert-OH is 1. The Labute approximate surface area is 111 Å². The lowest BCUT2D eigenvalue weighted by atomic mass is 10.0. The van der Waals surface area contributed by atoms with Crippen LogP contribution in [0.2, 0.25) is 0 Å². The molecule has 0 aromatic heterocycles. The zero-order valence-corrected chi connectivity index (χ0v) is 11.2. The fourth-order valence-corrected chi connectivity index (χ4v) is 1.16. The summed E-state index contributed by atoms with van der Waals surface area (Å²) < 4.78 is 0. The summed E-state index contributed by atoms with van der Waals surface area (Å²) in [5.74, 6) is -2.63. The van der Waals surface area contributed by atoms with Crippen LogP contribution in [0, 0.1) is 5.92 Å². The summed E-state index contributed by atoms with van der Waals surface area (Å²) in [6.45, 7) is 4.20. The lowest BCUT2D eigenvalue weighted by molar-refractivity contribution is -0.143. The number of aliphatic carboxylic acids is 1. The molecule has 0 saturated heterocycles. The van der Waals surface area contributed by atoms with Crippen molar-refractivity contribution in [1.29, 1.82) is 0 Å². The molecule has 0 rings (SSSR count). The molecule has 0 bridgehead atoms. The molecule has 3 unspecified atom stereocenters. The monoisotopic (exact) mass is 275 g/mol. The lowest BCUT2D eigenvalue weighted by Crippen LogP contribution is -2.54. The minimum atomic E-state index is -1.40. The van der Waals surface area contributed by atoms with E-state index in [4.69, 9.17) is 15.9 Å². The second kappa shape index (κ2) is 7.70. The van der Waals surface area contributed by atoms with Crippen molar-refractivity contribution in [2.24, 2.45) is 11.7 Å². The first-order valence-electron chi connectivity index (χ1n) is 5.90. The molecule has 19 heavy (non-hydrogen) atoms. The van der Waals surface area contributed by atoms with E-state index in [2.05, 4.69) is 10.6 Å². The third kappa shape index (κ3) is 5.66. The summed E-state index contributed by atoms with van der Waals surface area (Å²) >= 11 is 0. The maximum absolute atomic E-state index is 11.6. The molecule has 8 nitrogen and oxygen atoms in total. The topological polar surface area (TPSA) is 142 Å². The number of carbonyl (C=O) groups is 3. The number of hydrogen-bond donors (Lipinski definition) is 5. The van der Waals surface area contributed by atoms with E-state index in [0.29, 0.717) is 0 Å². The van der Waals surface area contributed by atoms with Gasteiger partial charge in [-0.2, -0.15) is 0 Å². The highest BCUT2D eigenvalue weighted by Gasteiger charge is 2.25. The number of amides is 2. The fraction of sp³-hybridized carbons (Fsp3) is 0.727. The van der Waals surface area contributed by atoms with E-state index in [1.54, 1.807) is 13.8 Å². The molecule has 0 heterocycles. The number of nitrogens with two attached hydrogens (primary N) is 1. The first-order valence-corrected chi connectivity index (χ1v) is 5.90. The molecule has 0 aliphatic carbocycles. The molecule has 0 aromatic carbocycles. The maximum Gasteiger partial charge on any atom is 0.328 e. The molecule has 0 aliphatic heterocycles. The van der Waals surface area contributed by atoms with Crippen molar-refractivity contribution in [3.8, 4) is 0 Å². The molecule has 8 heteroatoms. The lowest BCUT2D eigenvalue weighted by Gasteiger charge is -2.20. The SMILES string of the molecule is CC(NC(=O)C(N)C(C)C)C(=O)NC(CO)C(=O)O. The third-order valence-corrected chi connectivity index (χ3v) is 2.57. The first-order chi connectivity index (χ1) is 8.70. The number of nitrogens with one attached hydrogen (secondary N) is 2. The Morgan fingerprint density at radius 1 is 1.11 bits per heavy atom. The average Bonchev–Trinajstić information content (AvgIpc) is 2.33. The summed E-state index contributed by atoms with van der Waals surface area (Å²) in [6, 6.07) is -3.08. The second-order valence-corrected chi connectivity index (χ2v) is 4.58. The zero-order valence-electron chi connectivity index (χ0n) is 11.2. The highest BCUT2D eigenvalue weighted by molar-refractivity contribution is 5.91. The van der Waals surface area contributed by atoms with Gasteiger partial charge in [0.05, 0.1) is 12.6 Å². The van der Waals surface area contributed by atoms with Gasteiger partial charge in [0.25, 0.3) is 0 Å². The molecule has 0 radical (unpaired) electrons. The summed E-state index contributed by atoms with van der Waals surface area (Å²) in [4.78, 5) is 33.8. The summed E-state index contributed by atoms with van der Waals surface area (Å²) in [7, 11) is 0. The number of hydrogen-bond acceptors (Lipinski definition) is 5. The molecule has 3 atom stereocenters. The molecule has 0 fully saturated rings. The quantitative estimate of drug-likeness (QED) is 0.365. The van der Waals surface area contributed by atoms with Gasteiger partial charge in [-0.25, -0.2) is 4.79 Å². The third-order valence-electron chi connectivity index (χ3n) is 2.57. The van der Waals surface area contributed by atoms with Crippen molar-refractivity contribution >= 4 is 17.8 Å². The van der Waals surface area contributed by atoms with Gasteiger partial charge in [-0.05, 0) is 12.8 Å². The molecule has 6 N–H and O–H groups in total. The number of carboxylic acid groups (broad SMARTS) is 1. The predicted molar refractivity (Wildman–Crippen MR) is 67.1 cm³/mol. The van der Waals surface area contributed by atoms with E-state index in [0.717, 1.165) is 0 Å². The van der Waals surface area contributed by atoms with Crippen molar-refractivity contribution in [1.82, 2.24) is 10.6 Å². The molecule has 110 valence electrons. The molecular weight excluding hydrogens is 254 g/mol. The van der Waals surface area contributed by atoms with Gasteiger partial charge in [-0.1, -0.05) is 13.8 Å². The molecule has 2 amide bonds. The van der Waals surface area contributed by atoms with Crippen molar-refractivity contribution in [3.63, 3.8) is 0 Å². The largest absolute Gasteiger partial charge is 0.480 e. The highest BCUT2D eigenvalue weighted by atomic mass is 16.4. The second-order valence-electron chi connectivity index (χ2n) is 4.58. The summed E-state index contributed by atoms with van der Waals surface area (Å²) in [6.07, 6.45) is 0. The smallest absolute Gasteiger partial charge is 0.328 e. The number of aliphatic hydroxyl groups is 1. The van der Waals surface area contributed by atoms with E-state index >= 15 is 0 Å². The van der Waals surface area contributed by atoms with Crippen LogP contribution in [0.4, 0.5) is 0 Å². The van der Waals surface area contributed by atoms with E-state index in [9.17, 15) is 14.4 Å². The molecule has 0 spiro atoms. The van der Waals surface area contributed by atoms with Crippen LogP contribution in [0.1, 0.15) is 20.8 Å².